The minimum atomic E-state index is -0.287. The van der Waals surface area contributed by atoms with E-state index >= 15 is 0 Å². The zero-order valence-electron chi connectivity index (χ0n) is 9.53. The van der Waals surface area contributed by atoms with Gasteiger partial charge in [0, 0.05) is 23.8 Å². The third-order valence-electron chi connectivity index (χ3n) is 3.16. The Morgan fingerprint density at radius 3 is 2.94 bits per heavy atom. The first-order chi connectivity index (χ1) is 8.13. The zero-order chi connectivity index (χ0) is 12.4. The number of carbonyl (C=O) groups is 1. The molecule has 1 amide bonds. The highest BCUT2D eigenvalue weighted by Gasteiger charge is 2.30. The molecule has 2 rings (SSSR count). The van der Waals surface area contributed by atoms with Gasteiger partial charge in [-0.25, -0.2) is 0 Å². The Bertz CT molecular complexity index is 436. The van der Waals surface area contributed by atoms with Crippen molar-refractivity contribution in [2.45, 2.75) is 25.4 Å². The van der Waals surface area contributed by atoms with E-state index < -0.39 is 0 Å². The summed E-state index contributed by atoms with van der Waals surface area (Å²) in [5, 5.41) is 0.646. The van der Waals surface area contributed by atoms with Crippen LogP contribution in [0.25, 0.3) is 0 Å². The molecule has 1 aromatic rings. The average Bonchev–Trinajstić information content (AvgIpc) is 2.77. The molecule has 4 nitrogen and oxygen atoms in total. The molecule has 1 fully saturated rings. The van der Waals surface area contributed by atoms with Crippen LogP contribution in [0.5, 0.6) is 0 Å². The lowest BCUT2D eigenvalue weighted by Crippen LogP contribution is -2.40. The molecule has 92 valence electrons. The predicted octanol–water partition coefficient (Wildman–Crippen LogP) is 1.25. The van der Waals surface area contributed by atoms with Crippen molar-refractivity contribution in [1.82, 2.24) is 0 Å². The number of carbonyl (C=O) groups excluding carboxylic acids is 1. The van der Waals surface area contributed by atoms with Crippen molar-refractivity contribution in [2.75, 3.05) is 11.4 Å². The maximum Gasteiger partial charge on any atom is 0.240 e. The van der Waals surface area contributed by atoms with Gasteiger partial charge < -0.3 is 16.4 Å². The Labute approximate surface area is 106 Å². The topological polar surface area (TPSA) is 72.3 Å². The van der Waals surface area contributed by atoms with Crippen LogP contribution < -0.4 is 16.4 Å². The van der Waals surface area contributed by atoms with E-state index in [2.05, 4.69) is 0 Å². The molecule has 17 heavy (non-hydrogen) atoms. The monoisotopic (exact) mass is 253 g/mol. The molecule has 5 heteroatoms. The van der Waals surface area contributed by atoms with E-state index in [1.165, 1.54) is 0 Å². The average molecular weight is 254 g/mol. The summed E-state index contributed by atoms with van der Waals surface area (Å²) in [5.41, 5.74) is 13.0. The molecule has 1 unspecified atom stereocenters. The van der Waals surface area contributed by atoms with Crippen LogP contribution >= 0.6 is 11.6 Å². The molecule has 0 saturated carbocycles. The van der Waals surface area contributed by atoms with Gasteiger partial charge in [-0.1, -0.05) is 17.7 Å². The maximum atomic E-state index is 11.4. The Morgan fingerprint density at radius 1 is 1.53 bits per heavy atom. The van der Waals surface area contributed by atoms with Gasteiger partial charge in [0.2, 0.25) is 5.91 Å². The molecule has 0 aliphatic carbocycles. The summed E-state index contributed by atoms with van der Waals surface area (Å²) in [6.07, 6.45) is 1.76. The Balaban J connectivity index is 2.38. The van der Waals surface area contributed by atoms with Crippen molar-refractivity contribution < 1.29 is 4.79 Å². The van der Waals surface area contributed by atoms with Gasteiger partial charge in [-0.05, 0) is 30.5 Å². The molecule has 0 aromatic heterocycles. The first-order valence-corrected chi connectivity index (χ1v) is 6.05. The molecule has 0 spiro atoms. The SMILES string of the molecule is NCc1ccc(Cl)cc1N1CCCC1C(N)=O. The van der Waals surface area contributed by atoms with E-state index in [4.69, 9.17) is 23.1 Å². The van der Waals surface area contributed by atoms with E-state index in [1.54, 1.807) is 0 Å². The highest BCUT2D eigenvalue weighted by atomic mass is 35.5. The van der Waals surface area contributed by atoms with Crippen molar-refractivity contribution in [3.05, 3.63) is 28.8 Å². The first kappa shape index (κ1) is 12.2. The number of rotatable bonds is 3. The normalized spacial score (nSPS) is 19.6. The second kappa shape index (κ2) is 4.94. The third kappa shape index (κ3) is 2.37. The number of hydrogen-bond acceptors (Lipinski definition) is 3. The van der Waals surface area contributed by atoms with Crippen LogP contribution in [0.2, 0.25) is 5.02 Å². The highest BCUT2D eigenvalue weighted by Crippen LogP contribution is 2.30. The summed E-state index contributed by atoms with van der Waals surface area (Å²) < 4.78 is 0. The van der Waals surface area contributed by atoms with Gasteiger partial charge in [0.05, 0.1) is 0 Å². The summed E-state index contributed by atoms with van der Waals surface area (Å²) in [6.45, 7) is 1.25. The number of hydrogen-bond donors (Lipinski definition) is 2. The van der Waals surface area contributed by atoms with Gasteiger partial charge in [-0.15, -0.1) is 0 Å². The fourth-order valence-electron chi connectivity index (χ4n) is 2.33. The summed E-state index contributed by atoms with van der Waals surface area (Å²) >= 11 is 6.00. The molecular weight excluding hydrogens is 238 g/mol. The lowest BCUT2D eigenvalue weighted by Gasteiger charge is -2.26. The van der Waals surface area contributed by atoms with Gasteiger partial charge in [-0.3, -0.25) is 4.79 Å². The largest absolute Gasteiger partial charge is 0.368 e. The van der Waals surface area contributed by atoms with Gasteiger partial charge >= 0.3 is 0 Å². The number of nitrogens with zero attached hydrogens (tertiary/aromatic N) is 1. The van der Waals surface area contributed by atoms with E-state index in [0.717, 1.165) is 30.6 Å². The van der Waals surface area contributed by atoms with E-state index in [1.807, 2.05) is 23.1 Å². The number of nitrogens with two attached hydrogens (primary N) is 2. The molecule has 0 bridgehead atoms. The van der Waals surface area contributed by atoms with Crippen molar-refractivity contribution >= 4 is 23.2 Å². The van der Waals surface area contributed by atoms with Gasteiger partial charge in [0.25, 0.3) is 0 Å². The van der Waals surface area contributed by atoms with Crippen LogP contribution in [0.3, 0.4) is 0 Å². The fourth-order valence-corrected chi connectivity index (χ4v) is 2.49. The molecule has 4 N–H and O–H groups in total. The van der Waals surface area contributed by atoms with Crippen molar-refractivity contribution in [3.63, 3.8) is 0 Å². The Hall–Kier alpha value is -1.26. The van der Waals surface area contributed by atoms with Crippen molar-refractivity contribution in [3.8, 4) is 0 Å². The summed E-state index contributed by atoms with van der Waals surface area (Å²) in [4.78, 5) is 13.4. The van der Waals surface area contributed by atoms with E-state index in [-0.39, 0.29) is 11.9 Å². The second-order valence-electron chi connectivity index (χ2n) is 4.23. The molecule has 0 radical (unpaired) electrons. The number of halogens is 1. The van der Waals surface area contributed by atoms with Crippen LogP contribution in [-0.4, -0.2) is 18.5 Å². The number of benzene rings is 1. The van der Waals surface area contributed by atoms with Crippen LogP contribution in [0, 0.1) is 0 Å². The van der Waals surface area contributed by atoms with E-state index in [0.29, 0.717) is 11.6 Å². The molecule has 1 heterocycles. The summed E-state index contributed by atoms with van der Waals surface area (Å²) in [6, 6.07) is 5.32. The van der Waals surface area contributed by atoms with Crippen molar-refractivity contribution in [1.29, 1.82) is 0 Å². The summed E-state index contributed by atoms with van der Waals surface area (Å²) in [5.74, 6) is -0.287. The van der Waals surface area contributed by atoms with Gasteiger partial charge in [0.1, 0.15) is 6.04 Å². The number of primary amides is 1. The number of amides is 1. The predicted molar refractivity (Wildman–Crippen MR) is 68.9 cm³/mol. The minimum Gasteiger partial charge on any atom is -0.368 e. The van der Waals surface area contributed by atoms with Crippen LogP contribution in [-0.2, 0) is 11.3 Å². The van der Waals surface area contributed by atoms with Gasteiger partial charge in [-0.2, -0.15) is 0 Å². The van der Waals surface area contributed by atoms with E-state index in [9.17, 15) is 4.79 Å². The Kier molecular flexibility index (Phi) is 3.54. The minimum absolute atomic E-state index is 0.237. The highest BCUT2D eigenvalue weighted by molar-refractivity contribution is 6.30. The smallest absolute Gasteiger partial charge is 0.240 e. The van der Waals surface area contributed by atoms with Gasteiger partial charge in [0.15, 0.2) is 0 Å². The lowest BCUT2D eigenvalue weighted by atomic mass is 10.1. The fraction of sp³-hybridized carbons (Fsp3) is 0.417. The number of anilines is 1. The van der Waals surface area contributed by atoms with Crippen molar-refractivity contribution in [2.24, 2.45) is 11.5 Å². The maximum absolute atomic E-state index is 11.4. The lowest BCUT2D eigenvalue weighted by molar-refractivity contribution is -0.119. The summed E-state index contributed by atoms with van der Waals surface area (Å²) in [7, 11) is 0. The molecule has 1 aliphatic heterocycles. The molecule has 1 aromatic carbocycles. The second-order valence-corrected chi connectivity index (χ2v) is 4.67. The van der Waals surface area contributed by atoms with Crippen LogP contribution in [0.4, 0.5) is 5.69 Å². The van der Waals surface area contributed by atoms with Crippen LogP contribution in [0.15, 0.2) is 18.2 Å². The molecular formula is C12H16ClN3O. The van der Waals surface area contributed by atoms with Crippen LogP contribution in [0.1, 0.15) is 18.4 Å². The zero-order valence-corrected chi connectivity index (χ0v) is 10.3. The Morgan fingerprint density at radius 2 is 2.29 bits per heavy atom. The molecule has 1 aliphatic rings. The molecule has 1 atom stereocenters. The first-order valence-electron chi connectivity index (χ1n) is 5.68. The standard InChI is InChI=1S/C12H16ClN3O/c13-9-4-3-8(7-14)11(6-9)16-5-1-2-10(16)12(15)17/h3-4,6,10H,1-2,5,7,14H2,(H2,15,17). The quantitative estimate of drug-likeness (QED) is 0.852. The third-order valence-corrected chi connectivity index (χ3v) is 3.39. The molecule has 1 saturated heterocycles.